The lowest BCUT2D eigenvalue weighted by atomic mass is 10.1. The molecule has 0 bridgehead atoms. The maximum atomic E-state index is 12.7. The van der Waals surface area contributed by atoms with E-state index < -0.39 is 18.2 Å². The molecular weight excluding hydrogens is 151 g/mol. The second-order valence-electron chi connectivity index (χ2n) is 2.44. The molecule has 4 nitrogen and oxygen atoms in total. The fraction of sp³-hybridized carbons (Fsp3) is 0.667. The molecule has 1 heterocycles. The maximum Gasteiger partial charge on any atom is 0.407 e. The third kappa shape index (κ3) is 1.40. The predicted octanol–water partition coefficient (Wildman–Crippen LogP) is 0.458. The number of alkyl halides is 1. The first-order valence-corrected chi connectivity index (χ1v) is 3.16. The zero-order valence-electron chi connectivity index (χ0n) is 5.70. The summed E-state index contributed by atoms with van der Waals surface area (Å²) >= 11 is 0. The van der Waals surface area contributed by atoms with Gasteiger partial charge in [0.15, 0.2) is 0 Å². The van der Waals surface area contributed by atoms with Crippen molar-refractivity contribution in [3.8, 4) is 6.07 Å². The molecular formula is C6H7FN2O2. The summed E-state index contributed by atoms with van der Waals surface area (Å²) in [6.45, 7) is -0.180. The average molecular weight is 158 g/mol. The molecule has 1 fully saturated rings. The van der Waals surface area contributed by atoms with Crippen LogP contribution in [0.25, 0.3) is 0 Å². The molecule has 1 amide bonds. The van der Waals surface area contributed by atoms with E-state index in [1.165, 1.54) is 0 Å². The van der Waals surface area contributed by atoms with E-state index in [1.54, 1.807) is 6.07 Å². The van der Waals surface area contributed by atoms with E-state index in [-0.39, 0.29) is 13.1 Å². The Morgan fingerprint density at radius 3 is 2.64 bits per heavy atom. The van der Waals surface area contributed by atoms with Gasteiger partial charge >= 0.3 is 6.09 Å². The molecule has 1 rings (SSSR count). The van der Waals surface area contributed by atoms with E-state index in [0.29, 0.717) is 0 Å². The van der Waals surface area contributed by atoms with Crippen LogP contribution in [0.4, 0.5) is 9.18 Å². The van der Waals surface area contributed by atoms with Crippen molar-refractivity contribution in [1.82, 2.24) is 4.90 Å². The molecule has 2 unspecified atom stereocenters. The van der Waals surface area contributed by atoms with E-state index in [0.717, 1.165) is 4.90 Å². The average Bonchev–Trinajstić information content (AvgIpc) is 2.31. The number of hydrogen-bond acceptors (Lipinski definition) is 2. The fourth-order valence-corrected chi connectivity index (χ4v) is 1.04. The van der Waals surface area contributed by atoms with Gasteiger partial charge in [0.25, 0.3) is 0 Å². The lowest BCUT2D eigenvalue weighted by Gasteiger charge is -2.07. The first kappa shape index (κ1) is 7.79. The zero-order valence-corrected chi connectivity index (χ0v) is 5.70. The summed E-state index contributed by atoms with van der Waals surface area (Å²) in [7, 11) is 0. The number of hydrogen-bond donors (Lipinski definition) is 1. The highest BCUT2D eigenvalue weighted by Crippen LogP contribution is 2.18. The van der Waals surface area contributed by atoms with Gasteiger partial charge in [-0.05, 0) is 0 Å². The van der Waals surface area contributed by atoms with Crippen molar-refractivity contribution in [1.29, 1.82) is 5.26 Å². The molecule has 1 aliphatic heterocycles. The summed E-state index contributed by atoms with van der Waals surface area (Å²) in [6.07, 6.45) is -2.48. The Balaban J connectivity index is 2.58. The summed E-state index contributed by atoms with van der Waals surface area (Å²) in [5.41, 5.74) is 0. The number of halogens is 1. The van der Waals surface area contributed by atoms with Crippen molar-refractivity contribution >= 4 is 6.09 Å². The van der Waals surface area contributed by atoms with Gasteiger partial charge in [-0.25, -0.2) is 9.18 Å². The Kier molecular flexibility index (Phi) is 1.94. The lowest BCUT2D eigenvalue weighted by Crippen LogP contribution is -2.27. The van der Waals surface area contributed by atoms with Crippen LogP contribution in [-0.4, -0.2) is 35.4 Å². The van der Waals surface area contributed by atoms with Crippen LogP contribution in [0.1, 0.15) is 0 Å². The number of amides is 1. The van der Waals surface area contributed by atoms with Crippen LogP contribution >= 0.6 is 0 Å². The van der Waals surface area contributed by atoms with Crippen LogP contribution in [0.3, 0.4) is 0 Å². The summed E-state index contributed by atoms with van der Waals surface area (Å²) in [6, 6.07) is 1.72. The number of rotatable bonds is 0. The van der Waals surface area contributed by atoms with E-state index in [9.17, 15) is 9.18 Å². The van der Waals surface area contributed by atoms with Gasteiger partial charge in [-0.15, -0.1) is 0 Å². The molecule has 0 aromatic rings. The monoisotopic (exact) mass is 158 g/mol. The summed E-state index contributed by atoms with van der Waals surface area (Å²) in [5, 5.41) is 16.7. The normalized spacial score (nSPS) is 30.0. The Labute approximate surface area is 62.8 Å². The van der Waals surface area contributed by atoms with Crippen LogP contribution in [0.15, 0.2) is 0 Å². The minimum Gasteiger partial charge on any atom is -0.465 e. The molecule has 1 N–H and O–H groups in total. The van der Waals surface area contributed by atoms with Crippen molar-refractivity contribution in [2.24, 2.45) is 5.92 Å². The number of carboxylic acid groups (broad SMARTS) is 1. The SMILES string of the molecule is N#CC1CN(C(=O)O)CC1F. The van der Waals surface area contributed by atoms with Crippen LogP contribution in [0.2, 0.25) is 0 Å². The van der Waals surface area contributed by atoms with Crippen LogP contribution < -0.4 is 0 Å². The second kappa shape index (κ2) is 2.74. The lowest BCUT2D eigenvalue weighted by molar-refractivity contribution is 0.152. The minimum absolute atomic E-state index is 0.00694. The summed E-state index contributed by atoms with van der Waals surface area (Å²) in [4.78, 5) is 11.2. The number of carbonyl (C=O) groups is 1. The molecule has 0 radical (unpaired) electrons. The van der Waals surface area contributed by atoms with Crippen molar-refractivity contribution in [2.45, 2.75) is 6.17 Å². The summed E-state index contributed by atoms with van der Waals surface area (Å²) in [5.74, 6) is -0.786. The molecule has 60 valence electrons. The van der Waals surface area contributed by atoms with Gasteiger partial charge < -0.3 is 10.0 Å². The Morgan fingerprint density at radius 2 is 2.36 bits per heavy atom. The molecule has 0 saturated carbocycles. The van der Waals surface area contributed by atoms with Gasteiger partial charge in [0.05, 0.1) is 18.5 Å². The van der Waals surface area contributed by atoms with Crippen LogP contribution in [-0.2, 0) is 0 Å². The molecule has 5 heteroatoms. The molecule has 0 aliphatic carbocycles. The third-order valence-corrected chi connectivity index (χ3v) is 1.68. The van der Waals surface area contributed by atoms with Crippen LogP contribution in [0, 0.1) is 17.2 Å². The molecule has 1 aliphatic rings. The molecule has 0 aromatic heterocycles. The van der Waals surface area contributed by atoms with Crippen molar-refractivity contribution < 1.29 is 14.3 Å². The van der Waals surface area contributed by atoms with Crippen molar-refractivity contribution in [3.05, 3.63) is 0 Å². The van der Waals surface area contributed by atoms with E-state index in [4.69, 9.17) is 10.4 Å². The van der Waals surface area contributed by atoms with Gasteiger partial charge in [-0.1, -0.05) is 0 Å². The highest BCUT2D eigenvalue weighted by atomic mass is 19.1. The molecule has 0 spiro atoms. The second-order valence-corrected chi connectivity index (χ2v) is 2.44. The Morgan fingerprint density at radius 1 is 1.73 bits per heavy atom. The standard InChI is InChI=1S/C6H7FN2O2/c7-5-3-9(6(10)11)2-4(5)1-8/h4-5H,2-3H2,(H,10,11). The van der Waals surface area contributed by atoms with Crippen molar-refractivity contribution in [2.75, 3.05) is 13.1 Å². The smallest absolute Gasteiger partial charge is 0.407 e. The van der Waals surface area contributed by atoms with Gasteiger partial charge in [-0.2, -0.15) is 5.26 Å². The maximum absolute atomic E-state index is 12.7. The Bertz CT molecular complexity index is 213. The van der Waals surface area contributed by atoms with E-state index in [2.05, 4.69) is 0 Å². The van der Waals surface area contributed by atoms with E-state index >= 15 is 0 Å². The minimum atomic E-state index is -1.32. The summed E-state index contributed by atoms with van der Waals surface area (Å²) < 4.78 is 12.7. The molecule has 2 atom stereocenters. The zero-order chi connectivity index (χ0) is 8.43. The van der Waals surface area contributed by atoms with Gasteiger partial charge in [-0.3, -0.25) is 0 Å². The van der Waals surface area contributed by atoms with Gasteiger partial charge in [0.1, 0.15) is 6.17 Å². The van der Waals surface area contributed by atoms with Crippen LogP contribution in [0.5, 0.6) is 0 Å². The number of nitrogens with zero attached hydrogens (tertiary/aromatic N) is 2. The first-order chi connectivity index (χ1) is 5.15. The Hall–Kier alpha value is -1.31. The predicted molar refractivity (Wildman–Crippen MR) is 33.6 cm³/mol. The first-order valence-electron chi connectivity index (χ1n) is 3.16. The fourth-order valence-electron chi connectivity index (χ4n) is 1.04. The topological polar surface area (TPSA) is 64.3 Å². The van der Waals surface area contributed by atoms with Gasteiger partial charge in [0.2, 0.25) is 0 Å². The molecule has 11 heavy (non-hydrogen) atoms. The third-order valence-electron chi connectivity index (χ3n) is 1.68. The quantitative estimate of drug-likeness (QED) is 0.556. The largest absolute Gasteiger partial charge is 0.465 e. The number of nitriles is 1. The van der Waals surface area contributed by atoms with E-state index in [1.807, 2.05) is 0 Å². The van der Waals surface area contributed by atoms with Crippen molar-refractivity contribution in [3.63, 3.8) is 0 Å². The molecule has 0 aromatic carbocycles. The highest BCUT2D eigenvalue weighted by molar-refractivity contribution is 5.65. The number of likely N-dealkylation sites (tertiary alicyclic amines) is 1. The van der Waals surface area contributed by atoms with Gasteiger partial charge in [0, 0.05) is 6.54 Å². The highest BCUT2D eigenvalue weighted by Gasteiger charge is 2.35. The molecule has 1 saturated heterocycles.